The summed E-state index contributed by atoms with van der Waals surface area (Å²) in [5, 5.41) is 9.72. The molecule has 6 heteroatoms. The molecule has 0 saturated heterocycles. The van der Waals surface area contributed by atoms with E-state index in [0.29, 0.717) is 12.6 Å². The van der Waals surface area contributed by atoms with Crippen molar-refractivity contribution in [1.82, 2.24) is 9.13 Å². The third kappa shape index (κ3) is 3.01. The lowest BCUT2D eigenvalue weighted by Gasteiger charge is -2.09. The summed E-state index contributed by atoms with van der Waals surface area (Å²) in [5.41, 5.74) is -0.125. The van der Waals surface area contributed by atoms with E-state index in [2.05, 4.69) is 0 Å². The zero-order valence-electron chi connectivity index (χ0n) is 10.4. The molecule has 1 fully saturated rings. The lowest BCUT2D eigenvalue weighted by Crippen LogP contribution is -2.29. The first-order chi connectivity index (χ1) is 8.61. The second-order valence-corrected chi connectivity index (χ2v) is 4.53. The van der Waals surface area contributed by atoms with Crippen LogP contribution in [0.3, 0.4) is 0 Å². The number of imidazole rings is 1. The van der Waals surface area contributed by atoms with Crippen LogP contribution in [-0.2, 0) is 16.1 Å². The monoisotopic (exact) mass is 254 g/mol. The van der Waals surface area contributed by atoms with Gasteiger partial charge < -0.3 is 9.84 Å². The summed E-state index contributed by atoms with van der Waals surface area (Å²) in [7, 11) is 0. The van der Waals surface area contributed by atoms with Gasteiger partial charge in [0.25, 0.3) is 0 Å². The Balaban J connectivity index is 1.92. The fourth-order valence-electron chi connectivity index (χ4n) is 1.90. The number of ether oxygens (including phenoxy) is 1. The van der Waals surface area contributed by atoms with Gasteiger partial charge in [-0.05, 0) is 19.8 Å². The number of hydrogen-bond acceptors (Lipinski definition) is 4. The van der Waals surface area contributed by atoms with Crippen LogP contribution in [0.2, 0.25) is 0 Å². The number of carbonyl (C=O) groups is 1. The molecule has 1 saturated carbocycles. The number of carbonyl (C=O) groups excluding carboxylic acids is 1. The van der Waals surface area contributed by atoms with Crippen molar-refractivity contribution < 1.29 is 14.6 Å². The molecule has 1 aromatic heterocycles. The smallest absolute Gasteiger partial charge is 0.328 e. The highest BCUT2D eigenvalue weighted by molar-refractivity contribution is 5.69. The summed E-state index contributed by atoms with van der Waals surface area (Å²) >= 11 is 0. The lowest BCUT2D eigenvalue weighted by atomic mass is 10.2. The number of aliphatic hydroxyl groups excluding tert-OH is 1. The van der Waals surface area contributed by atoms with E-state index in [1.54, 1.807) is 23.9 Å². The van der Waals surface area contributed by atoms with Crippen LogP contribution in [0.25, 0.3) is 0 Å². The Labute approximate surface area is 105 Å². The first kappa shape index (κ1) is 12.9. The minimum atomic E-state index is -0.892. The normalized spacial score (nSPS) is 16.6. The maximum Gasteiger partial charge on any atom is 0.328 e. The van der Waals surface area contributed by atoms with Crippen LogP contribution in [0.4, 0.5) is 0 Å². The Bertz CT molecular complexity index is 473. The Hall–Kier alpha value is -1.56. The Morgan fingerprint density at radius 2 is 2.28 bits per heavy atom. The van der Waals surface area contributed by atoms with Crippen molar-refractivity contribution in [2.45, 2.75) is 44.9 Å². The molecule has 1 atom stereocenters. The summed E-state index contributed by atoms with van der Waals surface area (Å²) in [5.74, 6) is -0.445. The molecule has 0 amide bonds. The number of esters is 1. The number of hydrogen-bond donors (Lipinski definition) is 1. The molecule has 1 N–H and O–H groups in total. The van der Waals surface area contributed by atoms with E-state index < -0.39 is 12.1 Å². The van der Waals surface area contributed by atoms with Gasteiger partial charge in [-0.1, -0.05) is 0 Å². The lowest BCUT2D eigenvalue weighted by molar-refractivity contribution is -0.145. The zero-order chi connectivity index (χ0) is 13.1. The largest absolute Gasteiger partial charge is 0.466 e. The minimum Gasteiger partial charge on any atom is -0.466 e. The highest BCUT2D eigenvalue weighted by Gasteiger charge is 2.26. The highest BCUT2D eigenvalue weighted by atomic mass is 16.5. The van der Waals surface area contributed by atoms with E-state index in [9.17, 15) is 14.7 Å². The summed E-state index contributed by atoms with van der Waals surface area (Å²) in [6.07, 6.45) is 4.47. The van der Waals surface area contributed by atoms with E-state index in [4.69, 9.17) is 4.74 Å². The Morgan fingerprint density at radius 3 is 2.89 bits per heavy atom. The highest BCUT2D eigenvalue weighted by Crippen LogP contribution is 2.33. The van der Waals surface area contributed by atoms with Crippen molar-refractivity contribution in [3.63, 3.8) is 0 Å². The first-order valence-electron chi connectivity index (χ1n) is 6.22. The second-order valence-electron chi connectivity index (χ2n) is 4.53. The third-order valence-corrected chi connectivity index (χ3v) is 2.93. The molecule has 1 aromatic rings. The van der Waals surface area contributed by atoms with Crippen molar-refractivity contribution in [3.8, 4) is 0 Å². The van der Waals surface area contributed by atoms with Crippen LogP contribution in [-0.4, -0.2) is 32.9 Å². The molecule has 0 bridgehead atoms. The van der Waals surface area contributed by atoms with Crippen molar-refractivity contribution >= 4 is 5.97 Å². The van der Waals surface area contributed by atoms with Gasteiger partial charge in [0.05, 0.1) is 25.7 Å². The van der Waals surface area contributed by atoms with Crippen LogP contribution < -0.4 is 5.69 Å². The molecule has 0 aliphatic heterocycles. The van der Waals surface area contributed by atoms with Gasteiger partial charge in [-0.25, -0.2) is 4.79 Å². The van der Waals surface area contributed by atoms with Crippen molar-refractivity contribution in [2.24, 2.45) is 0 Å². The number of aliphatic hydroxyl groups is 1. The molecule has 0 radical (unpaired) electrons. The molecule has 100 valence electrons. The summed E-state index contributed by atoms with van der Waals surface area (Å²) < 4.78 is 7.85. The quantitative estimate of drug-likeness (QED) is 0.741. The van der Waals surface area contributed by atoms with E-state index in [0.717, 1.165) is 12.8 Å². The zero-order valence-corrected chi connectivity index (χ0v) is 10.4. The van der Waals surface area contributed by atoms with E-state index in [1.165, 1.54) is 4.57 Å². The fourth-order valence-corrected chi connectivity index (χ4v) is 1.90. The van der Waals surface area contributed by atoms with Crippen LogP contribution >= 0.6 is 0 Å². The maximum atomic E-state index is 11.9. The molecular formula is C12H18N2O4. The van der Waals surface area contributed by atoms with Gasteiger partial charge in [0.15, 0.2) is 0 Å². The third-order valence-electron chi connectivity index (χ3n) is 2.93. The van der Waals surface area contributed by atoms with E-state index in [-0.39, 0.29) is 18.7 Å². The molecule has 2 rings (SSSR count). The molecule has 1 unspecified atom stereocenters. The summed E-state index contributed by atoms with van der Waals surface area (Å²) in [4.78, 5) is 23.1. The molecule has 1 aliphatic rings. The van der Waals surface area contributed by atoms with E-state index in [1.807, 2.05) is 0 Å². The van der Waals surface area contributed by atoms with Crippen LogP contribution in [0.1, 0.15) is 32.2 Å². The van der Waals surface area contributed by atoms with Crippen molar-refractivity contribution in [1.29, 1.82) is 0 Å². The molecule has 6 nitrogen and oxygen atoms in total. The second kappa shape index (κ2) is 5.39. The van der Waals surface area contributed by atoms with Gasteiger partial charge in [0, 0.05) is 18.4 Å². The summed E-state index contributed by atoms with van der Waals surface area (Å²) in [6, 6.07) is 0.320. The Morgan fingerprint density at radius 1 is 1.56 bits per heavy atom. The predicted molar refractivity (Wildman–Crippen MR) is 64.2 cm³/mol. The molecule has 18 heavy (non-hydrogen) atoms. The van der Waals surface area contributed by atoms with Gasteiger partial charge in [0.1, 0.15) is 0 Å². The average molecular weight is 254 g/mol. The van der Waals surface area contributed by atoms with E-state index >= 15 is 0 Å². The SMILES string of the molecule is CCOC(=O)CC(O)Cn1ccn(C2CC2)c1=O. The fraction of sp³-hybridized carbons (Fsp3) is 0.667. The van der Waals surface area contributed by atoms with Crippen LogP contribution in [0.5, 0.6) is 0 Å². The number of nitrogens with zero attached hydrogens (tertiary/aromatic N) is 2. The molecule has 1 aliphatic carbocycles. The first-order valence-corrected chi connectivity index (χ1v) is 6.22. The topological polar surface area (TPSA) is 73.5 Å². The van der Waals surface area contributed by atoms with Gasteiger partial charge in [-0.2, -0.15) is 0 Å². The van der Waals surface area contributed by atoms with Crippen LogP contribution in [0.15, 0.2) is 17.2 Å². The van der Waals surface area contributed by atoms with Crippen molar-refractivity contribution in [2.75, 3.05) is 6.61 Å². The maximum absolute atomic E-state index is 11.9. The summed E-state index contributed by atoms with van der Waals surface area (Å²) in [6.45, 7) is 2.13. The predicted octanol–water partition coefficient (Wildman–Crippen LogP) is 0.299. The number of rotatable bonds is 6. The van der Waals surface area contributed by atoms with Gasteiger partial charge >= 0.3 is 11.7 Å². The molecule has 0 aromatic carbocycles. The Kier molecular flexibility index (Phi) is 3.86. The minimum absolute atomic E-state index is 0.0884. The molecule has 1 heterocycles. The molecular weight excluding hydrogens is 236 g/mol. The van der Waals surface area contributed by atoms with Gasteiger partial charge in [0.2, 0.25) is 0 Å². The standard InChI is InChI=1S/C12H18N2O4/c1-2-18-11(16)7-10(15)8-13-5-6-14(12(13)17)9-3-4-9/h5-6,9-10,15H,2-4,7-8H2,1H3. The number of aromatic nitrogens is 2. The van der Waals surface area contributed by atoms with Gasteiger partial charge in [-0.15, -0.1) is 0 Å². The van der Waals surface area contributed by atoms with Crippen LogP contribution in [0, 0.1) is 0 Å². The van der Waals surface area contributed by atoms with Crippen molar-refractivity contribution in [3.05, 3.63) is 22.9 Å². The average Bonchev–Trinajstić information content (AvgIpc) is 3.07. The molecule has 0 spiro atoms. The van der Waals surface area contributed by atoms with Gasteiger partial charge in [-0.3, -0.25) is 13.9 Å².